The van der Waals surface area contributed by atoms with Gasteiger partial charge in [0.2, 0.25) is 5.91 Å². The fraction of sp³-hybridized carbons (Fsp3) is 0.583. The SMILES string of the molecule is CC1CN(C(=O)C(C)NS(=O)(=O)c2cccs2)CCN1.Cl. The number of nitrogens with zero attached hydrogens (tertiary/aromatic N) is 1. The summed E-state index contributed by atoms with van der Waals surface area (Å²) in [6.45, 7) is 5.52. The van der Waals surface area contributed by atoms with Gasteiger partial charge in [0.15, 0.2) is 0 Å². The molecule has 1 saturated heterocycles. The molecule has 21 heavy (non-hydrogen) atoms. The van der Waals surface area contributed by atoms with Crippen LogP contribution >= 0.6 is 23.7 Å². The molecular weight excluding hydrogens is 334 g/mol. The molecule has 2 unspecified atom stereocenters. The van der Waals surface area contributed by atoms with Crippen LogP contribution in [0.1, 0.15) is 13.8 Å². The lowest BCUT2D eigenvalue weighted by molar-refractivity contribution is -0.133. The van der Waals surface area contributed by atoms with Crippen LogP contribution < -0.4 is 10.0 Å². The predicted molar refractivity (Wildman–Crippen MR) is 85.4 cm³/mol. The Balaban J connectivity index is 0.00000220. The molecule has 120 valence electrons. The fourth-order valence-electron chi connectivity index (χ4n) is 2.16. The van der Waals surface area contributed by atoms with Crippen LogP contribution in [-0.2, 0) is 14.8 Å². The zero-order valence-electron chi connectivity index (χ0n) is 11.9. The molecule has 9 heteroatoms. The van der Waals surface area contributed by atoms with Crippen LogP contribution in [0, 0.1) is 0 Å². The van der Waals surface area contributed by atoms with Gasteiger partial charge >= 0.3 is 0 Å². The van der Waals surface area contributed by atoms with E-state index >= 15 is 0 Å². The molecular formula is C12H20ClN3O3S2. The lowest BCUT2D eigenvalue weighted by Crippen LogP contribution is -2.55. The molecule has 2 N–H and O–H groups in total. The first kappa shape index (κ1) is 18.4. The number of hydrogen-bond donors (Lipinski definition) is 2. The molecule has 0 aliphatic carbocycles. The van der Waals surface area contributed by atoms with E-state index in [1.54, 1.807) is 23.3 Å². The summed E-state index contributed by atoms with van der Waals surface area (Å²) in [5, 5.41) is 4.94. The normalized spacial score (nSPS) is 20.7. The van der Waals surface area contributed by atoms with Gasteiger partial charge in [0.1, 0.15) is 4.21 Å². The van der Waals surface area contributed by atoms with Gasteiger partial charge < -0.3 is 10.2 Å². The first-order valence-corrected chi connectivity index (χ1v) is 8.84. The van der Waals surface area contributed by atoms with Crippen LogP contribution in [0.25, 0.3) is 0 Å². The highest BCUT2D eigenvalue weighted by Crippen LogP contribution is 2.16. The minimum atomic E-state index is -3.61. The van der Waals surface area contributed by atoms with E-state index in [9.17, 15) is 13.2 Å². The lowest BCUT2D eigenvalue weighted by atomic mass is 10.2. The molecule has 6 nitrogen and oxygen atoms in total. The van der Waals surface area contributed by atoms with E-state index < -0.39 is 16.1 Å². The maximum Gasteiger partial charge on any atom is 0.250 e. The fourth-order valence-corrected chi connectivity index (χ4v) is 4.37. The van der Waals surface area contributed by atoms with E-state index in [0.29, 0.717) is 13.1 Å². The standard InChI is InChI=1S/C12H19N3O3S2.ClH/c1-9-8-15(6-5-13-9)12(16)10(2)14-20(17,18)11-4-3-7-19-11;/h3-4,7,9-10,13-14H,5-6,8H2,1-2H3;1H. The second kappa shape index (κ2) is 7.55. The second-order valence-corrected chi connectivity index (χ2v) is 7.80. The first-order chi connectivity index (χ1) is 9.40. The van der Waals surface area contributed by atoms with Crippen molar-refractivity contribution in [2.75, 3.05) is 19.6 Å². The number of hydrogen-bond acceptors (Lipinski definition) is 5. The molecule has 0 spiro atoms. The number of carbonyl (C=O) groups excluding carboxylic acids is 1. The number of halogens is 1. The summed E-state index contributed by atoms with van der Waals surface area (Å²) >= 11 is 1.13. The van der Waals surface area contributed by atoms with Crippen molar-refractivity contribution in [2.45, 2.75) is 30.1 Å². The maximum absolute atomic E-state index is 12.3. The average molecular weight is 354 g/mol. The molecule has 0 bridgehead atoms. The van der Waals surface area contributed by atoms with E-state index in [1.165, 1.54) is 6.07 Å². The molecule has 2 heterocycles. The van der Waals surface area contributed by atoms with Crippen LogP contribution in [0.4, 0.5) is 0 Å². The minimum absolute atomic E-state index is 0. The van der Waals surface area contributed by atoms with Crippen LogP contribution in [-0.4, -0.2) is 50.9 Å². The van der Waals surface area contributed by atoms with E-state index in [0.717, 1.165) is 17.9 Å². The highest BCUT2D eigenvalue weighted by atomic mass is 35.5. The van der Waals surface area contributed by atoms with Crippen molar-refractivity contribution in [3.63, 3.8) is 0 Å². The highest BCUT2D eigenvalue weighted by molar-refractivity contribution is 7.91. The Labute approximate surface area is 135 Å². The Morgan fingerprint density at radius 3 is 2.86 bits per heavy atom. The maximum atomic E-state index is 12.3. The van der Waals surface area contributed by atoms with Gasteiger partial charge in [-0.05, 0) is 25.3 Å². The Bertz CT molecular complexity index is 562. The highest BCUT2D eigenvalue weighted by Gasteiger charge is 2.28. The third-order valence-corrected chi connectivity index (χ3v) is 6.08. The molecule has 1 amide bonds. The number of carbonyl (C=O) groups is 1. The molecule has 1 aliphatic rings. The van der Waals surface area contributed by atoms with Gasteiger partial charge in [0.05, 0.1) is 6.04 Å². The summed E-state index contributed by atoms with van der Waals surface area (Å²) in [4.78, 5) is 14.0. The summed E-state index contributed by atoms with van der Waals surface area (Å²) in [5.74, 6) is -0.182. The van der Waals surface area contributed by atoms with Crippen molar-refractivity contribution in [1.82, 2.24) is 14.9 Å². The summed E-state index contributed by atoms with van der Waals surface area (Å²) in [5.41, 5.74) is 0. The van der Waals surface area contributed by atoms with E-state index in [4.69, 9.17) is 0 Å². The van der Waals surface area contributed by atoms with Crippen molar-refractivity contribution >= 4 is 39.7 Å². The van der Waals surface area contributed by atoms with E-state index in [1.807, 2.05) is 6.92 Å². The van der Waals surface area contributed by atoms with Crippen molar-refractivity contribution in [2.24, 2.45) is 0 Å². The zero-order valence-corrected chi connectivity index (χ0v) is 14.4. The smallest absolute Gasteiger partial charge is 0.250 e. The van der Waals surface area contributed by atoms with E-state index in [-0.39, 0.29) is 28.6 Å². The third kappa shape index (κ3) is 4.65. The molecule has 2 rings (SSSR count). The van der Waals surface area contributed by atoms with Gasteiger partial charge in [-0.3, -0.25) is 4.79 Å². The predicted octanol–water partition coefficient (Wildman–Crippen LogP) is 0.657. The molecule has 0 aromatic carbocycles. The summed E-state index contributed by atoms with van der Waals surface area (Å²) in [6.07, 6.45) is 0. The Kier molecular flexibility index (Phi) is 6.61. The van der Waals surface area contributed by atoms with Crippen LogP contribution in [0.5, 0.6) is 0 Å². The van der Waals surface area contributed by atoms with Crippen LogP contribution in [0.2, 0.25) is 0 Å². The number of rotatable bonds is 4. The van der Waals surface area contributed by atoms with Crippen molar-refractivity contribution in [3.8, 4) is 0 Å². The summed E-state index contributed by atoms with van der Waals surface area (Å²) in [7, 11) is -3.61. The average Bonchev–Trinajstić information content (AvgIpc) is 2.92. The molecule has 1 fully saturated rings. The minimum Gasteiger partial charge on any atom is -0.338 e. The quantitative estimate of drug-likeness (QED) is 0.833. The Hall–Kier alpha value is -0.670. The molecule has 0 radical (unpaired) electrons. The number of thiophene rings is 1. The van der Waals surface area contributed by atoms with Gasteiger partial charge in [-0.2, -0.15) is 4.72 Å². The van der Waals surface area contributed by atoms with Gasteiger partial charge in [0.25, 0.3) is 10.0 Å². The van der Waals surface area contributed by atoms with Crippen LogP contribution in [0.15, 0.2) is 21.7 Å². The lowest BCUT2D eigenvalue weighted by Gasteiger charge is -2.33. The molecule has 1 aliphatic heterocycles. The first-order valence-electron chi connectivity index (χ1n) is 6.48. The third-order valence-electron chi connectivity index (χ3n) is 3.14. The largest absolute Gasteiger partial charge is 0.338 e. The second-order valence-electron chi connectivity index (χ2n) is 4.91. The van der Waals surface area contributed by atoms with Gasteiger partial charge in [-0.25, -0.2) is 8.42 Å². The van der Waals surface area contributed by atoms with Crippen molar-refractivity contribution in [1.29, 1.82) is 0 Å². The van der Waals surface area contributed by atoms with Gasteiger partial charge in [-0.1, -0.05) is 6.07 Å². The molecule has 0 saturated carbocycles. The number of sulfonamides is 1. The number of nitrogens with one attached hydrogen (secondary N) is 2. The number of piperazine rings is 1. The number of amides is 1. The van der Waals surface area contributed by atoms with Crippen molar-refractivity contribution < 1.29 is 13.2 Å². The van der Waals surface area contributed by atoms with E-state index in [2.05, 4.69) is 10.0 Å². The molecule has 2 atom stereocenters. The zero-order chi connectivity index (χ0) is 14.8. The topological polar surface area (TPSA) is 78.5 Å². The van der Waals surface area contributed by atoms with Gasteiger partial charge in [0, 0.05) is 25.7 Å². The monoisotopic (exact) mass is 353 g/mol. The molecule has 1 aromatic rings. The Morgan fingerprint density at radius 1 is 1.57 bits per heavy atom. The summed E-state index contributed by atoms with van der Waals surface area (Å²) < 4.78 is 26.8. The van der Waals surface area contributed by atoms with Crippen molar-refractivity contribution in [3.05, 3.63) is 17.5 Å². The Morgan fingerprint density at radius 2 is 2.29 bits per heavy atom. The van der Waals surface area contributed by atoms with Crippen LogP contribution in [0.3, 0.4) is 0 Å². The molecule has 1 aromatic heterocycles. The van der Waals surface area contributed by atoms with Gasteiger partial charge in [-0.15, -0.1) is 23.7 Å². The summed E-state index contributed by atoms with van der Waals surface area (Å²) in [6, 6.07) is 2.67.